The van der Waals surface area contributed by atoms with Gasteiger partial charge >= 0.3 is 0 Å². The first-order valence-electron chi connectivity index (χ1n) is 10.3. The smallest absolute Gasteiger partial charge is 0.226 e. The van der Waals surface area contributed by atoms with E-state index >= 15 is 0 Å². The molecule has 1 fully saturated rings. The summed E-state index contributed by atoms with van der Waals surface area (Å²) in [6.07, 6.45) is 6.79. The van der Waals surface area contributed by atoms with Gasteiger partial charge in [0.1, 0.15) is 6.29 Å². The van der Waals surface area contributed by atoms with Crippen LogP contribution in [0.4, 0.5) is 0 Å². The Morgan fingerprint density at radius 1 is 1.15 bits per heavy atom. The number of benzene rings is 2. The second-order valence-corrected chi connectivity index (χ2v) is 8.11. The fourth-order valence-corrected chi connectivity index (χ4v) is 4.35. The number of rotatable bonds is 8. The van der Waals surface area contributed by atoms with Crippen LogP contribution < -0.4 is 0 Å². The summed E-state index contributed by atoms with van der Waals surface area (Å²) in [4.78, 5) is 26.0. The summed E-state index contributed by atoms with van der Waals surface area (Å²) in [7, 11) is 0. The molecule has 0 aliphatic carbocycles. The number of hydrogen-bond acceptors (Lipinski definition) is 2. The average Bonchev–Trinajstić information content (AvgIpc) is 3.16. The molecule has 0 aromatic heterocycles. The lowest BCUT2D eigenvalue weighted by Gasteiger charge is -2.28. The summed E-state index contributed by atoms with van der Waals surface area (Å²) in [5.41, 5.74) is 1.39. The predicted molar refractivity (Wildman–Crippen MR) is 111 cm³/mol. The maximum Gasteiger partial charge on any atom is 0.226 e. The molecule has 0 N–H and O–H groups in total. The summed E-state index contributed by atoms with van der Waals surface area (Å²) >= 11 is 0. The van der Waals surface area contributed by atoms with E-state index in [1.807, 2.05) is 4.90 Å². The number of carbonyl (C=O) groups is 2. The molecule has 1 heterocycles. The Kier molecular flexibility index (Phi) is 6.65. The molecule has 1 amide bonds. The van der Waals surface area contributed by atoms with E-state index in [4.69, 9.17) is 0 Å². The van der Waals surface area contributed by atoms with Gasteiger partial charge in [0.05, 0.1) is 6.04 Å². The lowest BCUT2D eigenvalue weighted by molar-refractivity contribution is -0.140. The van der Waals surface area contributed by atoms with Gasteiger partial charge in [0.25, 0.3) is 0 Å². The summed E-state index contributed by atoms with van der Waals surface area (Å²) in [5.74, 6) is 0.519. The number of likely N-dealkylation sites (tertiary alicyclic amines) is 1. The zero-order valence-corrected chi connectivity index (χ0v) is 16.6. The van der Waals surface area contributed by atoms with Crippen molar-refractivity contribution in [1.29, 1.82) is 0 Å². The van der Waals surface area contributed by atoms with Crippen molar-refractivity contribution in [1.82, 2.24) is 4.90 Å². The van der Waals surface area contributed by atoms with Gasteiger partial charge in [-0.15, -0.1) is 0 Å². The van der Waals surface area contributed by atoms with Crippen molar-refractivity contribution in [3.63, 3.8) is 0 Å². The Morgan fingerprint density at radius 3 is 2.70 bits per heavy atom. The van der Waals surface area contributed by atoms with Crippen LogP contribution >= 0.6 is 0 Å². The number of fused-ring (bicyclic) bond motifs is 1. The van der Waals surface area contributed by atoms with Gasteiger partial charge < -0.3 is 9.69 Å². The molecule has 0 saturated carbocycles. The molecule has 3 nitrogen and oxygen atoms in total. The van der Waals surface area contributed by atoms with Crippen LogP contribution in [0.2, 0.25) is 0 Å². The fourth-order valence-electron chi connectivity index (χ4n) is 4.35. The molecular formula is C24H31NO2. The van der Waals surface area contributed by atoms with Gasteiger partial charge in [-0.1, -0.05) is 62.7 Å². The second kappa shape index (κ2) is 9.16. The van der Waals surface area contributed by atoms with Gasteiger partial charge in [-0.05, 0) is 54.4 Å². The van der Waals surface area contributed by atoms with Crippen LogP contribution in [0.25, 0.3) is 10.8 Å². The molecule has 0 radical (unpaired) electrons. The minimum absolute atomic E-state index is 0.0260. The van der Waals surface area contributed by atoms with E-state index in [-0.39, 0.29) is 17.9 Å². The minimum Gasteiger partial charge on any atom is -0.333 e. The number of unbranched alkanes of at least 4 members (excludes halogenated alkanes) is 1. The first-order valence-corrected chi connectivity index (χ1v) is 10.3. The number of aryl methyl sites for hydroxylation is 1. The molecule has 0 bridgehead atoms. The van der Waals surface area contributed by atoms with Crippen LogP contribution in [0, 0.1) is 11.8 Å². The summed E-state index contributed by atoms with van der Waals surface area (Å²) < 4.78 is 0. The highest BCUT2D eigenvalue weighted by molar-refractivity contribution is 5.85. The van der Waals surface area contributed by atoms with Gasteiger partial charge in [0.15, 0.2) is 0 Å². The average molecular weight is 366 g/mol. The van der Waals surface area contributed by atoms with Crippen molar-refractivity contribution in [3.8, 4) is 0 Å². The molecule has 2 aromatic rings. The van der Waals surface area contributed by atoms with E-state index in [1.165, 1.54) is 16.3 Å². The third-order valence-electron chi connectivity index (χ3n) is 5.95. The Bertz CT molecular complexity index is 778. The van der Waals surface area contributed by atoms with Crippen molar-refractivity contribution in [2.24, 2.45) is 11.8 Å². The van der Waals surface area contributed by atoms with E-state index in [0.29, 0.717) is 5.92 Å². The molecule has 0 spiro atoms. The monoisotopic (exact) mass is 365 g/mol. The highest BCUT2D eigenvalue weighted by Gasteiger charge is 2.33. The SMILES string of the molecule is CC(C)C(CCCCc1cccc2ccccc12)C(=O)N1CCCC1C=O. The highest BCUT2D eigenvalue weighted by atomic mass is 16.2. The van der Waals surface area contributed by atoms with E-state index in [2.05, 4.69) is 56.3 Å². The van der Waals surface area contributed by atoms with Gasteiger partial charge in [0, 0.05) is 12.5 Å². The predicted octanol–water partition coefficient (Wildman–Crippen LogP) is 5.01. The summed E-state index contributed by atoms with van der Waals surface area (Å²) in [5, 5.41) is 2.63. The molecule has 27 heavy (non-hydrogen) atoms. The van der Waals surface area contributed by atoms with Gasteiger partial charge in [-0.25, -0.2) is 0 Å². The molecule has 1 aliphatic heterocycles. The maximum atomic E-state index is 13.0. The lowest BCUT2D eigenvalue weighted by atomic mass is 9.88. The Balaban J connectivity index is 1.57. The Morgan fingerprint density at radius 2 is 1.93 bits per heavy atom. The third kappa shape index (κ3) is 4.58. The topological polar surface area (TPSA) is 37.4 Å². The quantitative estimate of drug-likeness (QED) is 0.487. The summed E-state index contributed by atoms with van der Waals surface area (Å²) in [6.45, 7) is 4.99. The number of aldehydes is 1. The van der Waals surface area contributed by atoms with Gasteiger partial charge in [0.2, 0.25) is 5.91 Å². The van der Waals surface area contributed by atoms with E-state index in [1.54, 1.807) is 0 Å². The minimum atomic E-state index is -0.200. The largest absolute Gasteiger partial charge is 0.333 e. The van der Waals surface area contributed by atoms with Crippen LogP contribution in [0.3, 0.4) is 0 Å². The molecule has 2 unspecified atom stereocenters. The fraction of sp³-hybridized carbons (Fsp3) is 0.500. The molecule has 3 heteroatoms. The van der Waals surface area contributed by atoms with Crippen LogP contribution in [-0.2, 0) is 16.0 Å². The first kappa shape index (κ1) is 19.6. The lowest BCUT2D eigenvalue weighted by Crippen LogP contribution is -2.41. The highest BCUT2D eigenvalue weighted by Crippen LogP contribution is 2.27. The normalized spacial score (nSPS) is 18.2. The van der Waals surface area contributed by atoms with E-state index in [9.17, 15) is 9.59 Å². The number of carbonyl (C=O) groups excluding carboxylic acids is 2. The van der Waals surface area contributed by atoms with Crippen molar-refractivity contribution in [2.75, 3.05) is 6.54 Å². The maximum absolute atomic E-state index is 13.0. The van der Waals surface area contributed by atoms with Gasteiger partial charge in [-0.3, -0.25) is 4.79 Å². The number of amides is 1. The van der Waals surface area contributed by atoms with Crippen molar-refractivity contribution < 1.29 is 9.59 Å². The molecule has 2 atom stereocenters. The summed E-state index contributed by atoms with van der Waals surface area (Å²) in [6, 6.07) is 14.8. The molecule has 144 valence electrons. The van der Waals surface area contributed by atoms with Crippen molar-refractivity contribution >= 4 is 23.0 Å². The standard InChI is InChI=1S/C24H31NO2/c1-18(2)22(24(27)25-16-8-13-21(25)17-26)14-5-3-9-19-11-7-12-20-10-4-6-15-23(19)20/h4,6-7,10-12,15,17-18,21-22H,3,5,8-9,13-14,16H2,1-2H3. The second-order valence-electron chi connectivity index (χ2n) is 8.11. The van der Waals surface area contributed by atoms with Crippen LogP contribution in [0.15, 0.2) is 42.5 Å². The number of nitrogens with zero attached hydrogens (tertiary/aromatic N) is 1. The Labute approximate surface area is 162 Å². The molecule has 3 rings (SSSR count). The van der Waals surface area contributed by atoms with Crippen molar-refractivity contribution in [3.05, 3.63) is 48.0 Å². The molecular weight excluding hydrogens is 334 g/mol. The van der Waals surface area contributed by atoms with E-state index in [0.717, 1.165) is 51.4 Å². The van der Waals surface area contributed by atoms with E-state index < -0.39 is 0 Å². The first-order chi connectivity index (χ1) is 13.1. The zero-order chi connectivity index (χ0) is 19.2. The van der Waals surface area contributed by atoms with Crippen LogP contribution in [0.5, 0.6) is 0 Å². The molecule has 1 aliphatic rings. The molecule has 1 saturated heterocycles. The number of hydrogen-bond donors (Lipinski definition) is 0. The molecule has 2 aromatic carbocycles. The van der Waals surface area contributed by atoms with Crippen LogP contribution in [0.1, 0.15) is 51.5 Å². The van der Waals surface area contributed by atoms with Gasteiger partial charge in [-0.2, -0.15) is 0 Å². The zero-order valence-electron chi connectivity index (χ0n) is 16.6. The van der Waals surface area contributed by atoms with Crippen molar-refractivity contribution in [2.45, 2.75) is 58.4 Å². The Hall–Kier alpha value is -2.16. The van der Waals surface area contributed by atoms with Crippen LogP contribution in [-0.4, -0.2) is 29.7 Å². The third-order valence-corrected chi connectivity index (χ3v) is 5.95.